The quantitative estimate of drug-likeness (QED) is 0.697. The molecule has 2 saturated heterocycles. The molecule has 0 aromatic heterocycles. The van der Waals surface area contributed by atoms with E-state index in [9.17, 15) is 14.7 Å². The number of fused-ring (bicyclic) bond motifs is 1. The van der Waals surface area contributed by atoms with Crippen molar-refractivity contribution in [3.63, 3.8) is 0 Å². The summed E-state index contributed by atoms with van der Waals surface area (Å²) in [4.78, 5) is 23.1. The lowest BCUT2D eigenvalue weighted by molar-refractivity contribution is -0.346. The van der Waals surface area contributed by atoms with E-state index in [1.54, 1.807) is 27.7 Å². The van der Waals surface area contributed by atoms with Gasteiger partial charge in [-0.3, -0.25) is 9.59 Å². The highest BCUT2D eigenvalue weighted by Gasteiger charge is 2.49. The number of amides is 1. The van der Waals surface area contributed by atoms with E-state index in [2.05, 4.69) is 5.32 Å². The van der Waals surface area contributed by atoms with Crippen molar-refractivity contribution in [3.05, 3.63) is 0 Å². The van der Waals surface area contributed by atoms with E-state index in [4.69, 9.17) is 18.9 Å². The van der Waals surface area contributed by atoms with Crippen molar-refractivity contribution in [2.45, 2.75) is 83.4 Å². The summed E-state index contributed by atoms with van der Waals surface area (Å²) >= 11 is 0. The molecule has 2 aliphatic rings. The average molecular weight is 345 g/mol. The zero-order valence-electron chi connectivity index (χ0n) is 14.8. The monoisotopic (exact) mass is 345 g/mol. The number of hydrogen-bond acceptors (Lipinski definition) is 7. The number of ether oxygens (including phenoxy) is 4. The van der Waals surface area contributed by atoms with Crippen LogP contribution < -0.4 is 5.32 Å². The Balaban J connectivity index is 1.96. The maximum absolute atomic E-state index is 12.1. The Morgan fingerprint density at radius 3 is 2.71 bits per heavy atom. The molecule has 2 aliphatic heterocycles. The highest BCUT2D eigenvalue weighted by atomic mass is 16.7. The maximum Gasteiger partial charge on any atom is 0.302 e. The summed E-state index contributed by atoms with van der Waals surface area (Å²) in [5.41, 5.74) is 0. The first-order valence-electron chi connectivity index (χ1n) is 8.21. The summed E-state index contributed by atoms with van der Waals surface area (Å²) in [6, 6.07) is -0.614. The Morgan fingerprint density at radius 2 is 2.08 bits per heavy atom. The van der Waals surface area contributed by atoms with Crippen LogP contribution in [-0.2, 0) is 28.5 Å². The number of esters is 1. The average Bonchev–Trinajstić information content (AvgIpc) is 2.43. The van der Waals surface area contributed by atoms with E-state index in [1.165, 1.54) is 6.92 Å². The number of carbonyl (C=O) groups is 2. The van der Waals surface area contributed by atoms with Gasteiger partial charge in [-0.25, -0.2) is 0 Å². The van der Waals surface area contributed by atoms with Crippen LogP contribution in [0.1, 0.15) is 41.0 Å². The van der Waals surface area contributed by atoms with Gasteiger partial charge in [0, 0.05) is 6.92 Å². The second-order valence-corrected chi connectivity index (χ2v) is 6.88. The molecule has 0 aliphatic carbocycles. The van der Waals surface area contributed by atoms with E-state index in [0.717, 1.165) is 0 Å². The van der Waals surface area contributed by atoms with Crippen molar-refractivity contribution in [3.8, 4) is 0 Å². The molecule has 8 heteroatoms. The van der Waals surface area contributed by atoms with Crippen LogP contribution in [0.4, 0.5) is 0 Å². The van der Waals surface area contributed by atoms with Gasteiger partial charge >= 0.3 is 5.97 Å². The van der Waals surface area contributed by atoms with E-state index in [0.29, 0.717) is 6.61 Å². The maximum atomic E-state index is 12.1. The van der Waals surface area contributed by atoms with Crippen LogP contribution >= 0.6 is 0 Å². The largest absolute Gasteiger partial charge is 0.462 e. The molecule has 0 aromatic carbocycles. The van der Waals surface area contributed by atoms with Gasteiger partial charge in [0.1, 0.15) is 24.4 Å². The molecule has 2 fully saturated rings. The van der Waals surface area contributed by atoms with Gasteiger partial charge in [-0.1, -0.05) is 0 Å². The first-order chi connectivity index (χ1) is 11.1. The summed E-state index contributed by atoms with van der Waals surface area (Å²) in [6.07, 6.45) is -2.81. The summed E-state index contributed by atoms with van der Waals surface area (Å²) in [6.45, 7) is 8.56. The van der Waals surface area contributed by atoms with Crippen molar-refractivity contribution in [1.82, 2.24) is 5.32 Å². The molecule has 138 valence electrons. The third kappa shape index (κ3) is 4.66. The number of aliphatic hydroxyl groups is 1. The summed E-state index contributed by atoms with van der Waals surface area (Å²) in [7, 11) is 0. The van der Waals surface area contributed by atoms with Crippen LogP contribution in [0.2, 0.25) is 0 Å². The molecule has 0 saturated carbocycles. The summed E-state index contributed by atoms with van der Waals surface area (Å²) < 4.78 is 22.1. The lowest BCUT2D eigenvalue weighted by atomic mass is 9.92. The molecule has 0 bridgehead atoms. The van der Waals surface area contributed by atoms with Crippen molar-refractivity contribution < 1.29 is 33.6 Å². The summed E-state index contributed by atoms with van der Waals surface area (Å²) in [5, 5.41) is 13.4. The van der Waals surface area contributed by atoms with Crippen molar-refractivity contribution in [1.29, 1.82) is 0 Å². The van der Waals surface area contributed by atoms with Crippen molar-refractivity contribution >= 4 is 11.9 Å². The van der Waals surface area contributed by atoms with Gasteiger partial charge in [0.05, 0.1) is 25.2 Å². The molecule has 2 N–H and O–H groups in total. The van der Waals surface area contributed by atoms with Crippen LogP contribution in [-0.4, -0.2) is 65.9 Å². The second-order valence-electron chi connectivity index (χ2n) is 6.88. The van der Waals surface area contributed by atoms with Crippen LogP contribution in [0.5, 0.6) is 0 Å². The number of aliphatic hydroxyl groups excluding tert-OH is 1. The minimum absolute atomic E-state index is 0.0130. The smallest absolute Gasteiger partial charge is 0.302 e. The zero-order valence-corrected chi connectivity index (χ0v) is 14.8. The minimum Gasteiger partial charge on any atom is -0.462 e. The van der Waals surface area contributed by atoms with Crippen LogP contribution in [0, 0.1) is 0 Å². The lowest BCUT2D eigenvalue weighted by Crippen LogP contribution is -2.67. The van der Waals surface area contributed by atoms with Crippen LogP contribution in [0.3, 0.4) is 0 Å². The normalized spacial score (nSPS) is 36.3. The Labute approximate surface area is 141 Å². The molecule has 0 aromatic rings. The second kappa shape index (κ2) is 7.35. The number of nitrogens with one attached hydrogen (secondary N) is 1. The first-order valence-corrected chi connectivity index (χ1v) is 8.21. The number of carbonyl (C=O) groups excluding carboxylic acids is 2. The molecule has 3 unspecified atom stereocenters. The van der Waals surface area contributed by atoms with Gasteiger partial charge in [-0.15, -0.1) is 0 Å². The first kappa shape index (κ1) is 19.1. The van der Waals surface area contributed by atoms with E-state index >= 15 is 0 Å². The molecule has 0 spiro atoms. The van der Waals surface area contributed by atoms with Crippen LogP contribution in [0.15, 0.2) is 0 Å². The molecule has 1 amide bonds. The Morgan fingerprint density at radius 1 is 1.42 bits per heavy atom. The number of hydrogen-bond donors (Lipinski definition) is 2. The van der Waals surface area contributed by atoms with Crippen LogP contribution in [0.25, 0.3) is 0 Å². The molecule has 0 radical (unpaired) electrons. The SMILES string of the molecule is CC(=O)O[C@H](C)CC(=O)NC1C(O)[C@@H]2OC(C)(C)OCC2O[C@H]1C. The van der Waals surface area contributed by atoms with Gasteiger partial charge in [0.25, 0.3) is 0 Å². The Bertz CT molecular complexity index is 481. The molecule has 6 atom stereocenters. The lowest BCUT2D eigenvalue weighted by Gasteiger charge is -2.49. The molecule has 24 heavy (non-hydrogen) atoms. The molecular formula is C16H27NO7. The molecule has 2 heterocycles. The molecule has 2 rings (SSSR count). The van der Waals surface area contributed by atoms with Gasteiger partial charge in [0.15, 0.2) is 5.79 Å². The summed E-state index contributed by atoms with van der Waals surface area (Å²) in [5.74, 6) is -1.58. The van der Waals surface area contributed by atoms with Gasteiger partial charge in [0.2, 0.25) is 5.91 Å². The Hall–Kier alpha value is -1.22. The van der Waals surface area contributed by atoms with Gasteiger partial charge < -0.3 is 29.4 Å². The zero-order chi connectivity index (χ0) is 18.1. The fraction of sp³-hybridized carbons (Fsp3) is 0.875. The Kier molecular flexibility index (Phi) is 5.85. The minimum atomic E-state index is -0.921. The fourth-order valence-corrected chi connectivity index (χ4v) is 3.10. The predicted octanol–water partition coefficient (Wildman–Crippen LogP) is 0.113. The predicted molar refractivity (Wildman–Crippen MR) is 83.0 cm³/mol. The van der Waals surface area contributed by atoms with E-state index in [-0.39, 0.29) is 18.4 Å². The highest BCUT2D eigenvalue weighted by molar-refractivity contribution is 5.77. The molecule has 8 nitrogen and oxygen atoms in total. The molecular weight excluding hydrogens is 318 g/mol. The van der Waals surface area contributed by atoms with E-state index in [1.807, 2.05) is 0 Å². The number of rotatable bonds is 4. The third-order valence-electron chi connectivity index (χ3n) is 4.15. The van der Waals surface area contributed by atoms with Crippen molar-refractivity contribution in [2.75, 3.05) is 6.61 Å². The van der Waals surface area contributed by atoms with Crippen molar-refractivity contribution in [2.24, 2.45) is 0 Å². The van der Waals surface area contributed by atoms with Gasteiger partial charge in [-0.2, -0.15) is 0 Å². The topological polar surface area (TPSA) is 103 Å². The fourth-order valence-electron chi connectivity index (χ4n) is 3.10. The van der Waals surface area contributed by atoms with E-state index < -0.39 is 42.2 Å². The highest BCUT2D eigenvalue weighted by Crippen LogP contribution is 2.32. The third-order valence-corrected chi connectivity index (χ3v) is 4.15. The van der Waals surface area contributed by atoms with Gasteiger partial charge in [-0.05, 0) is 27.7 Å². The standard InChI is InChI=1S/C16H27NO7/c1-8(22-10(3)18)6-12(19)17-13-9(2)23-11-7-21-16(4,5)24-15(11)14(13)20/h8-9,11,13-15,20H,6-7H2,1-5H3,(H,17,19)/t8-,9+,11?,13?,14?,15-/m1/s1.